The van der Waals surface area contributed by atoms with Crippen molar-refractivity contribution < 1.29 is 9.59 Å². The number of anilines is 1. The second-order valence-electron chi connectivity index (χ2n) is 8.65. The minimum atomic E-state index is -0.296. The lowest BCUT2D eigenvalue weighted by Gasteiger charge is -2.13. The van der Waals surface area contributed by atoms with Crippen LogP contribution in [0.1, 0.15) is 57.4 Å². The van der Waals surface area contributed by atoms with E-state index >= 15 is 0 Å². The molecule has 2 N–H and O–H groups in total. The predicted molar refractivity (Wildman–Crippen MR) is 134 cm³/mol. The molecule has 2 heterocycles. The zero-order valence-corrected chi connectivity index (χ0v) is 19.9. The smallest absolute Gasteiger partial charge is 0.256 e. The summed E-state index contributed by atoms with van der Waals surface area (Å²) in [6, 6.07) is 18.8. The highest BCUT2D eigenvalue weighted by Gasteiger charge is 2.21. The van der Waals surface area contributed by atoms with Crippen LogP contribution in [0.2, 0.25) is 0 Å². The molecule has 0 unspecified atom stereocenters. The van der Waals surface area contributed by atoms with E-state index in [1.54, 1.807) is 28.9 Å². The lowest BCUT2D eigenvalue weighted by molar-refractivity contribution is 0.0955. The van der Waals surface area contributed by atoms with Gasteiger partial charge in [-0.05, 0) is 43.0 Å². The van der Waals surface area contributed by atoms with Crippen molar-refractivity contribution in [1.29, 1.82) is 0 Å². The molecule has 0 aliphatic carbocycles. The van der Waals surface area contributed by atoms with E-state index in [4.69, 9.17) is 4.98 Å². The predicted octanol–water partition coefficient (Wildman–Crippen LogP) is 4.62. The maximum Gasteiger partial charge on any atom is 0.256 e. The molecule has 4 rings (SSSR count). The van der Waals surface area contributed by atoms with Crippen LogP contribution < -0.4 is 10.6 Å². The Balaban J connectivity index is 1.57. The molecular weight excluding hydrogens is 426 g/mol. The third-order valence-electron chi connectivity index (χ3n) is 5.79. The van der Waals surface area contributed by atoms with Crippen LogP contribution in [-0.2, 0) is 13.5 Å². The third-order valence-corrected chi connectivity index (χ3v) is 5.79. The molecule has 2 amide bonds. The van der Waals surface area contributed by atoms with Crippen LogP contribution in [0.15, 0.2) is 60.7 Å². The highest BCUT2D eigenvalue weighted by molar-refractivity contribution is 6.14. The van der Waals surface area contributed by atoms with Gasteiger partial charge >= 0.3 is 0 Å². The molecule has 7 nitrogen and oxygen atoms in total. The summed E-state index contributed by atoms with van der Waals surface area (Å²) in [6.45, 7) is 6.44. The number of nitrogens with one attached hydrogen (secondary N) is 2. The summed E-state index contributed by atoms with van der Waals surface area (Å²) in [6.07, 6.45) is 0.731. The molecule has 7 heteroatoms. The Bertz CT molecular complexity index is 1340. The molecule has 0 aliphatic heterocycles. The van der Waals surface area contributed by atoms with Crippen molar-refractivity contribution in [2.24, 2.45) is 7.05 Å². The van der Waals surface area contributed by atoms with Crippen LogP contribution in [0.3, 0.4) is 0 Å². The van der Waals surface area contributed by atoms with Crippen LogP contribution in [-0.4, -0.2) is 33.1 Å². The van der Waals surface area contributed by atoms with Crippen molar-refractivity contribution >= 4 is 28.5 Å². The summed E-state index contributed by atoms with van der Waals surface area (Å²) in [5.74, 6) is -0.379. The molecule has 2 aromatic carbocycles. The highest BCUT2D eigenvalue weighted by atomic mass is 16.2. The largest absolute Gasteiger partial charge is 0.352 e. The molecule has 0 fully saturated rings. The van der Waals surface area contributed by atoms with E-state index in [9.17, 15) is 9.59 Å². The Labute approximate surface area is 199 Å². The summed E-state index contributed by atoms with van der Waals surface area (Å²) in [5.41, 5.74) is 4.74. The molecule has 0 saturated carbocycles. The van der Waals surface area contributed by atoms with Crippen LogP contribution >= 0.6 is 0 Å². The summed E-state index contributed by atoms with van der Waals surface area (Å²) in [4.78, 5) is 31.0. The maximum absolute atomic E-state index is 13.4. The average Bonchev–Trinajstić information content (AvgIpc) is 3.12. The Morgan fingerprint density at radius 1 is 0.971 bits per heavy atom. The normalized spacial score (nSPS) is 11.1. The van der Waals surface area contributed by atoms with Gasteiger partial charge in [-0.1, -0.05) is 56.3 Å². The molecule has 0 spiro atoms. The Morgan fingerprint density at radius 2 is 1.68 bits per heavy atom. The highest BCUT2D eigenvalue weighted by Crippen LogP contribution is 2.26. The van der Waals surface area contributed by atoms with Gasteiger partial charge in [-0.2, -0.15) is 5.10 Å². The van der Waals surface area contributed by atoms with E-state index in [-0.39, 0.29) is 17.7 Å². The minimum Gasteiger partial charge on any atom is -0.352 e. The van der Waals surface area contributed by atoms with E-state index in [1.807, 2.05) is 64.2 Å². The number of fused-ring (bicyclic) bond motifs is 1. The van der Waals surface area contributed by atoms with E-state index < -0.39 is 0 Å². The Hall–Kier alpha value is -4.00. The zero-order chi connectivity index (χ0) is 24.2. The number of amides is 2. The fourth-order valence-electron chi connectivity index (χ4n) is 3.98. The molecule has 0 bridgehead atoms. The van der Waals surface area contributed by atoms with Crippen LogP contribution in [0.4, 0.5) is 5.69 Å². The molecule has 174 valence electrons. The van der Waals surface area contributed by atoms with Gasteiger partial charge in [0.2, 0.25) is 0 Å². The van der Waals surface area contributed by atoms with Crippen molar-refractivity contribution in [1.82, 2.24) is 20.1 Å². The lowest BCUT2D eigenvalue weighted by atomic mass is 10.0. The van der Waals surface area contributed by atoms with Crippen LogP contribution in [0, 0.1) is 6.92 Å². The van der Waals surface area contributed by atoms with Crippen molar-refractivity contribution in [3.05, 3.63) is 88.7 Å². The summed E-state index contributed by atoms with van der Waals surface area (Å²) >= 11 is 0. The van der Waals surface area contributed by atoms with Gasteiger partial charge in [0.1, 0.15) is 0 Å². The zero-order valence-electron chi connectivity index (χ0n) is 19.9. The summed E-state index contributed by atoms with van der Waals surface area (Å²) in [5, 5.41) is 11.1. The molecule has 0 saturated heterocycles. The third kappa shape index (κ3) is 4.83. The number of hydrogen-bond donors (Lipinski definition) is 2. The average molecular weight is 456 g/mol. The fourth-order valence-corrected chi connectivity index (χ4v) is 3.98. The van der Waals surface area contributed by atoms with E-state index in [0.29, 0.717) is 34.4 Å². The topological polar surface area (TPSA) is 88.9 Å². The number of hydrogen-bond acceptors (Lipinski definition) is 4. The van der Waals surface area contributed by atoms with Gasteiger partial charge in [0.15, 0.2) is 5.65 Å². The van der Waals surface area contributed by atoms with E-state index in [0.717, 1.165) is 23.4 Å². The van der Waals surface area contributed by atoms with Crippen molar-refractivity contribution in [3.63, 3.8) is 0 Å². The number of carbonyl (C=O) groups excluding carboxylic acids is 2. The first-order valence-electron chi connectivity index (χ1n) is 11.4. The number of para-hydroxylation sites is 1. The quantitative estimate of drug-likeness (QED) is 0.425. The number of rotatable bonds is 7. The minimum absolute atomic E-state index is 0.147. The summed E-state index contributed by atoms with van der Waals surface area (Å²) < 4.78 is 1.70. The Morgan fingerprint density at radius 3 is 2.41 bits per heavy atom. The van der Waals surface area contributed by atoms with Gasteiger partial charge in [0.05, 0.1) is 27.9 Å². The number of pyridine rings is 1. The summed E-state index contributed by atoms with van der Waals surface area (Å²) in [7, 11) is 1.82. The SMILES string of the molecule is Cc1nn(C)c2nc(C(C)C)cc(C(=O)Nc3ccccc3C(=O)NCCc3ccccc3)c12. The molecule has 0 atom stereocenters. The first-order chi connectivity index (χ1) is 16.3. The second kappa shape index (κ2) is 9.87. The lowest BCUT2D eigenvalue weighted by Crippen LogP contribution is -2.27. The number of benzene rings is 2. The monoisotopic (exact) mass is 455 g/mol. The van der Waals surface area contributed by atoms with E-state index in [1.165, 1.54) is 0 Å². The van der Waals surface area contributed by atoms with Gasteiger partial charge in [-0.25, -0.2) is 4.98 Å². The van der Waals surface area contributed by atoms with Crippen molar-refractivity contribution in [3.8, 4) is 0 Å². The standard InChI is InChI=1S/C27H29N5O2/c1-17(2)23-16-21(24-18(3)31-32(4)25(24)29-23)27(34)30-22-13-9-8-12-20(22)26(33)28-15-14-19-10-6-5-7-11-19/h5-13,16-17H,14-15H2,1-4H3,(H,28,33)(H,30,34). The van der Waals surface area contributed by atoms with Gasteiger partial charge < -0.3 is 10.6 Å². The van der Waals surface area contributed by atoms with Gasteiger partial charge in [0.25, 0.3) is 11.8 Å². The molecule has 4 aromatic rings. The molecule has 0 aliphatic rings. The number of nitrogens with zero attached hydrogens (tertiary/aromatic N) is 3. The number of carbonyl (C=O) groups is 2. The van der Waals surface area contributed by atoms with Crippen LogP contribution in [0.5, 0.6) is 0 Å². The van der Waals surface area contributed by atoms with Crippen molar-refractivity contribution in [2.75, 3.05) is 11.9 Å². The Kier molecular flexibility index (Phi) is 6.72. The fraction of sp³-hybridized carbons (Fsp3) is 0.259. The van der Waals surface area contributed by atoms with Gasteiger partial charge in [0, 0.05) is 19.3 Å². The molecule has 2 aromatic heterocycles. The molecular formula is C27H29N5O2. The number of aryl methyl sites for hydroxylation is 2. The molecule has 0 radical (unpaired) electrons. The maximum atomic E-state index is 13.4. The van der Waals surface area contributed by atoms with Gasteiger partial charge in [-0.15, -0.1) is 0 Å². The molecule has 34 heavy (non-hydrogen) atoms. The second-order valence-corrected chi connectivity index (χ2v) is 8.65. The number of aromatic nitrogens is 3. The van der Waals surface area contributed by atoms with Crippen LogP contribution in [0.25, 0.3) is 11.0 Å². The van der Waals surface area contributed by atoms with Gasteiger partial charge in [-0.3, -0.25) is 14.3 Å². The van der Waals surface area contributed by atoms with Crippen molar-refractivity contribution in [2.45, 2.75) is 33.1 Å². The first-order valence-corrected chi connectivity index (χ1v) is 11.4. The first kappa shape index (κ1) is 23.2. The van der Waals surface area contributed by atoms with E-state index in [2.05, 4.69) is 15.7 Å².